The van der Waals surface area contributed by atoms with E-state index < -0.39 is 0 Å². The average Bonchev–Trinajstić information content (AvgIpc) is 1.98. The number of oxime groups is 1. The van der Waals surface area contributed by atoms with Crippen molar-refractivity contribution in [2.45, 2.75) is 13.8 Å². The molecule has 0 unspecified atom stereocenters. The van der Waals surface area contributed by atoms with Gasteiger partial charge < -0.3 is 10.3 Å². The third-order valence-corrected chi connectivity index (χ3v) is 1.12. The quantitative estimate of drug-likeness (QED) is 0.339. The van der Waals surface area contributed by atoms with E-state index in [2.05, 4.69) is 10.1 Å². The molecule has 0 spiro atoms. The topological polar surface area (TPSA) is 65.2 Å². The summed E-state index contributed by atoms with van der Waals surface area (Å²) in [4.78, 5) is 3.89. The molecular formula is C6H12N2O2. The molecular weight excluding hydrogens is 132 g/mol. The SMILES string of the molecule is CC(=NO)C(C)=NCCO. The molecule has 0 aliphatic carbocycles. The van der Waals surface area contributed by atoms with E-state index in [1.165, 1.54) is 0 Å². The van der Waals surface area contributed by atoms with Gasteiger partial charge in [0.15, 0.2) is 0 Å². The second-order valence-electron chi connectivity index (χ2n) is 1.88. The first-order valence-corrected chi connectivity index (χ1v) is 3.03. The van der Waals surface area contributed by atoms with Gasteiger partial charge in [-0.1, -0.05) is 5.16 Å². The van der Waals surface area contributed by atoms with Crippen molar-refractivity contribution in [2.75, 3.05) is 13.2 Å². The minimum Gasteiger partial charge on any atom is -0.411 e. The van der Waals surface area contributed by atoms with Gasteiger partial charge in [-0.25, -0.2) is 0 Å². The van der Waals surface area contributed by atoms with Gasteiger partial charge in [0.05, 0.1) is 24.6 Å². The van der Waals surface area contributed by atoms with Gasteiger partial charge in [-0.2, -0.15) is 0 Å². The van der Waals surface area contributed by atoms with Crippen LogP contribution in [-0.4, -0.2) is 34.9 Å². The molecule has 10 heavy (non-hydrogen) atoms. The summed E-state index contributed by atoms with van der Waals surface area (Å²) >= 11 is 0. The van der Waals surface area contributed by atoms with Crippen molar-refractivity contribution in [2.24, 2.45) is 10.1 Å². The summed E-state index contributed by atoms with van der Waals surface area (Å²) in [6.45, 7) is 3.76. The summed E-state index contributed by atoms with van der Waals surface area (Å²) in [6, 6.07) is 0. The maximum absolute atomic E-state index is 8.36. The van der Waals surface area contributed by atoms with Crippen LogP contribution in [0, 0.1) is 0 Å². The van der Waals surface area contributed by atoms with Gasteiger partial charge in [0, 0.05) is 0 Å². The van der Waals surface area contributed by atoms with Crippen LogP contribution in [0.1, 0.15) is 13.8 Å². The van der Waals surface area contributed by atoms with Crippen LogP contribution in [0.4, 0.5) is 0 Å². The zero-order chi connectivity index (χ0) is 7.98. The summed E-state index contributed by atoms with van der Waals surface area (Å²) < 4.78 is 0. The molecule has 0 radical (unpaired) electrons. The fraction of sp³-hybridized carbons (Fsp3) is 0.667. The van der Waals surface area contributed by atoms with E-state index in [0.717, 1.165) is 0 Å². The molecule has 0 bridgehead atoms. The Bertz CT molecular complexity index is 152. The van der Waals surface area contributed by atoms with Crippen molar-refractivity contribution in [1.82, 2.24) is 0 Å². The van der Waals surface area contributed by atoms with E-state index in [0.29, 0.717) is 18.0 Å². The minimum atomic E-state index is 0.0239. The van der Waals surface area contributed by atoms with Crippen molar-refractivity contribution < 1.29 is 10.3 Å². The molecule has 2 N–H and O–H groups in total. The first-order valence-electron chi connectivity index (χ1n) is 3.03. The maximum Gasteiger partial charge on any atom is 0.0971 e. The van der Waals surface area contributed by atoms with Crippen molar-refractivity contribution >= 4 is 11.4 Å². The molecule has 4 nitrogen and oxygen atoms in total. The molecule has 0 heterocycles. The fourth-order valence-corrected chi connectivity index (χ4v) is 0.404. The Balaban J connectivity index is 3.93. The highest BCUT2D eigenvalue weighted by Gasteiger charge is 1.93. The van der Waals surface area contributed by atoms with Crippen molar-refractivity contribution in [3.63, 3.8) is 0 Å². The number of aliphatic hydroxyl groups is 1. The molecule has 0 aromatic rings. The second kappa shape index (κ2) is 4.93. The summed E-state index contributed by atoms with van der Waals surface area (Å²) in [6.07, 6.45) is 0. The van der Waals surface area contributed by atoms with Crippen LogP contribution in [-0.2, 0) is 0 Å². The number of nitrogens with zero attached hydrogens (tertiary/aromatic N) is 2. The molecule has 0 saturated heterocycles. The van der Waals surface area contributed by atoms with Crippen LogP contribution in [0.2, 0.25) is 0 Å². The standard InChI is InChI=1S/C6H12N2O2/c1-5(6(2)8-10)7-3-4-9/h9-10H,3-4H2,1-2H3. The highest BCUT2D eigenvalue weighted by atomic mass is 16.4. The summed E-state index contributed by atoms with van der Waals surface area (Å²) in [5, 5.41) is 19.6. The van der Waals surface area contributed by atoms with E-state index in [4.69, 9.17) is 10.3 Å². The lowest BCUT2D eigenvalue weighted by atomic mass is 10.3. The highest BCUT2D eigenvalue weighted by Crippen LogP contribution is 1.82. The lowest BCUT2D eigenvalue weighted by molar-refractivity contribution is 0.306. The largest absolute Gasteiger partial charge is 0.411 e. The van der Waals surface area contributed by atoms with Crippen LogP contribution in [0.25, 0.3) is 0 Å². The molecule has 0 aromatic heterocycles. The van der Waals surface area contributed by atoms with Gasteiger partial charge in [-0.15, -0.1) is 0 Å². The zero-order valence-corrected chi connectivity index (χ0v) is 6.20. The van der Waals surface area contributed by atoms with Crippen molar-refractivity contribution in [1.29, 1.82) is 0 Å². The first-order chi connectivity index (χ1) is 4.72. The molecule has 0 aromatic carbocycles. The second-order valence-corrected chi connectivity index (χ2v) is 1.88. The predicted octanol–water partition coefficient (Wildman–Crippen LogP) is 0.290. The minimum absolute atomic E-state index is 0.0239. The molecule has 0 aliphatic rings. The highest BCUT2D eigenvalue weighted by molar-refractivity contribution is 6.40. The molecule has 0 fully saturated rings. The van der Waals surface area contributed by atoms with Gasteiger partial charge in [-0.05, 0) is 13.8 Å². The molecule has 0 amide bonds. The monoisotopic (exact) mass is 144 g/mol. The Morgan fingerprint density at radius 1 is 1.30 bits per heavy atom. The van der Waals surface area contributed by atoms with Gasteiger partial charge in [0.2, 0.25) is 0 Å². The third-order valence-electron chi connectivity index (χ3n) is 1.12. The molecule has 58 valence electrons. The summed E-state index contributed by atoms with van der Waals surface area (Å²) in [5.41, 5.74) is 1.13. The zero-order valence-electron chi connectivity index (χ0n) is 6.20. The van der Waals surface area contributed by atoms with E-state index >= 15 is 0 Å². The molecule has 4 heteroatoms. The number of hydrogen-bond donors (Lipinski definition) is 2. The molecule has 0 atom stereocenters. The smallest absolute Gasteiger partial charge is 0.0971 e. The Morgan fingerprint density at radius 3 is 2.30 bits per heavy atom. The summed E-state index contributed by atoms with van der Waals surface area (Å²) in [5.74, 6) is 0. The Hall–Kier alpha value is -0.900. The summed E-state index contributed by atoms with van der Waals surface area (Å²) in [7, 11) is 0. The molecule has 0 rings (SSSR count). The average molecular weight is 144 g/mol. The van der Waals surface area contributed by atoms with Crippen LogP contribution in [0.3, 0.4) is 0 Å². The number of rotatable bonds is 3. The maximum atomic E-state index is 8.36. The number of aliphatic imine (C=N–C) groups is 1. The van der Waals surface area contributed by atoms with Crippen LogP contribution in [0.15, 0.2) is 10.1 Å². The predicted molar refractivity (Wildman–Crippen MR) is 40.0 cm³/mol. The fourth-order valence-electron chi connectivity index (χ4n) is 0.404. The molecule has 0 saturated carbocycles. The first kappa shape index (κ1) is 9.10. The van der Waals surface area contributed by atoms with Crippen LogP contribution < -0.4 is 0 Å². The van der Waals surface area contributed by atoms with Crippen molar-refractivity contribution in [3.05, 3.63) is 0 Å². The lowest BCUT2D eigenvalue weighted by Crippen LogP contribution is -2.07. The Labute approximate surface area is 59.9 Å². The van der Waals surface area contributed by atoms with Gasteiger partial charge in [0.1, 0.15) is 0 Å². The van der Waals surface area contributed by atoms with E-state index in [-0.39, 0.29) is 6.61 Å². The van der Waals surface area contributed by atoms with E-state index in [9.17, 15) is 0 Å². The van der Waals surface area contributed by atoms with Crippen molar-refractivity contribution in [3.8, 4) is 0 Å². The number of aliphatic hydroxyl groups excluding tert-OH is 1. The van der Waals surface area contributed by atoms with Gasteiger partial charge in [0.25, 0.3) is 0 Å². The number of hydrogen-bond acceptors (Lipinski definition) is 4. The third kappa shape index (κ3) is 3.19. The Kier molecular flexibility index (Phi) is 4.49. The van der Waals surface area contributed by atoms with Gasteiger partial charge >= 0.3 is 0 Å². The van der Waals surface area contributed by atoms with Gasteiger partial charge in [-0.3, -0.25) is 4.99 Å². The van der Waals surface area contributed by atoms with E-state index in [1.54, 1.807) is 13.8 Å². The molecule has 0 aliphatic heterocycles. The lowest BCUT2D eigenvalue weighted by Gasteiger charge is -1.94. The van der Waals surface area contributed by atoms with Crippen LogP contribution >= 0.6 is 0 Å². The van der Waals surface area contributed by atoms with Crippen LogP contribution in [0.5, 0.6) is 0 Å². The Morgan fingerprint density at radius 2 is 1.90 bits per heavy atom. The van der Waals surface area contributed by atoms with E-state index in [1.807, 2.05) is 0 Å². The normalized spacial score (nSPS) is 13.9.